The maximum absolute atomic E-state index is 13.1. The molecule has 26 heavy (non-hydrogen) atoms. The minimum absolute atomic E-state index is 0.0730. The lowest BCUT2D eigenvalue weighted by atomic mass is 10.0. The summed E-state index contributed by atoms with van der Waals surface area (Å²) < 4.78 is 28.2. The average Bonchev–Trinajstić information content (AvgIpc) is 2.66. The van der Waals surface area contributed by atoms with Crippen molar-refractivity contribution in [3.8, 4) is 11.5 Å². The van der Waals surface area contributed by atoms with Crippen molar-refractivity contribution in [2.75, 3.05) is 20.8 Å². The van der Waals surface area contributed by atoms with Gasteiger partial charge in [-0.1, -0.05) is 12.1 Å². The molecule has 0 spiro atoms. The summed E-state index contributed by atoms with van der Waals surface area (Å²) in [5, 5.41) is 2.70. The molecule has 1 unspecified atom stereocenters. The van der Waals surface area contributed by atoms with Gasteiger partial charge in [0.2, 0.25) is 0 Å². The SMILES string of the molecule is COC(=O)CC(NC(=O)COc1ccc(OC)cc1)c1ccc(F)cc1. The zero-order chi connectivity index (χ0) is 18.9. The van der Waals surface area contributed by atoms with Crippen LogP contribution in [-0.4, -0.2) is 32.7 Å². The molecule has 7 heteroatoms. The molecule has 0 heterocycles. The van der Waals surface area contributed by atoms with E-state index in [0.29, 0.717) is 17.1 Å². The highest BCUT2D eigenvalue weighted by molar-refractivity contribution is 5.79. The smallest absolute Gasteiger partial charge is 0.307 e. The van der Waals surface area contributed by atoms with E-state index < -0.39 is 23.7 Å². The molecule has 1 amide bonds. The minimum atomic E-state index is -0.644. The lowest BCUT2D eigenvalue weighted by Crippen LogP contribution is -2.34. The number of nitrogens with one attached hydrogen (secondary N) is 1. The van der Waals surface area contributed by atoms with Gasteiger partial charge in [-0.3, -0.25) is 9.59 Å². The lowest BCUT2D eigenvalue weighted by Gasteiger charge is -2.18. The first-order valence-corrected chi connectivity index (χ1v) is 7.90. The van der Waals surface area contributed by atoms with Gasteiger partial charge >= 0.3 is 5.97 Å². The minimum Gasteiger partial charge on any atom is -0.497 e. The van der Waals surface area contributed by atoms with Gasteiger partial charge in [-0.2, -0.15) is 0 Å². The Hall–Kier alpha value is -3.09. The maximum Gasteiger partial charge on any atom is 0.307 e. The van der Waals surface area contributed by atoms with Gasteiger partial charge in [0.25, 0.3) is 5.91 Å². The van der Waals surface area contributed by atoms with Crippen LogP contribution in [0.2, 0.25) is 0 Å². The van der Waals surface area contributed by atoms with Crippen molar-refractivity contribution in [3.63, 3.8) is 0 Å². The number of halogens is 1. The monoisotopic (exact) mass is 361 g/mol. The summed E-state index contributed by atoms with van der Waals surface area (Å²) in [7, 11) is 2.82. The Bertz CT molecular complexity index is 731. The number of carbonyl (C=O) groups is 2. The second-order valence-electron chi connectivity index (χ2n) is 5.42. The van der Waals surface area contributed by atoms with Crippen LogP contribution >= 0.6 is 0 Å². The number of rotatable bonds is 8. The average molecular weight is 361 g/mol. The molecule has 2 rings (SSSR count). The van der Waals surface area contributed by atoms with Gasteiger partial charge in [0.1, 0.15) is 17.3 Å². The molecule has 0 aliphatic heterocycles. The number of benzene rings is 2. The Morgan fingerprint density at radius 1 is 1.00 bits per heavy atom. The molecule has 0 fully saturated rings. The second-order valence-corrected chi connectivity index (χ2v) is 5.42. The quantitative estimate of drug-likeness (QED) is 0.732. The summed E-state index contributed by atoms with van der Waals surface area (Å²) >= 11 is 0. The van der Waals surface area contributed by atoms with E-state index in [1.807, 2.05) is 0 Å². The molecule has 2 aromatic carbocycles. The Labute approximate surface area is 150 Å². The van der Waals surface area contributed by atoms with Gasteiger partial charge in [0.15, 0.2) is 6.61 Å². The van der Waals surface area contributed by atoms with Crippen molar-refractivity contribution >= 4 is 11.9 Å². The van der Waals surface area contributed by atoms with Crippen LogP contribution in [0.5, 0.6) is 11.5 Å². The third-order valence-corrected chi connectivity index (χ3v) is 3.64. The van der Waals surface area contributed by atoms with Crippen LogP contribution in [0.1, 0.15) is 18.0 Å². The highest BCUT2D eigenvalue weighted by atomic mass is 19.1. The summed E-state index contributed by atoms with van der Waals surface area (Å²) in [5.41, 5.74) is 0.592. The Balaban J connectivity index is 1.98. The maximum atomic E-state index is 13.1. The molecule has 1 N–H and O–H groups in total. The fourth-order valence-corrected chi connectivity index (χ4v) is 2.25. The van der Waals surface area contributed by atoms with E-state index in [1.54, 1.807) is 31.4 Å². The van der Waals surface area contributed by atoms with Crippen LogP contribution < -0.4 is 14.8 Å². The van der Waals surface area contributed by atoms with Gasteiger partial charge in [-0.15, -0.1) is 0 Å². The Kier molecular flexibility index (Phi) is 6.96. The lowest BCUT2D eigenvalue weighted by molar-refractivity contribution is -0.141. The number of hydrogen-bond acceptors (Lipinski definition) is 5. The van der Waals surface area contributed by atoms with Crippen LogP contribution in [-0.2, 0) is 14.3 Å². The summed E-state index contributed by atoms with van der Waals surface area (Å²) in [4.78, 5) is 23.8. The largest absolute Gasteiger partial charge is 0.497 e. The van der Waals surface area contributed by atoms with E-state index in [9.17, 15) is 14.0 Å². The number of amides is 1. The predicted octanol–water partition coefficient (Wildman–Crippen LogP) is 2.63. The van der Waals surface area contributed by atoms with Crippen molar-refractivity contribution < 1.29 is 28.2 Å². The highest BCUT2D eigenvalue weighted by Gasteiger charge is 2.19. The van der Waals surface area contributed by atoms with Gasteiger partial charge in [-0.05, 0) is 42.0 Å². The topological polar surface area (TPSA) is 73.9 Å². The summed E-state index contributed by atoms with van der Waals surface area (Å²) in [5.74, 6) is -0.127. The fourth-order valence-electron chi connectivity index (χ4n) is 2.25. The first kappa shape index (κ1) is 19.2. The van der Waals surface area contributed by atoms with Gasteiger partial charge in [-0.25, -0.2) is 4.39 Å². The van der Waals surface area contributed by atoms with Crippen molar-refractivity contribution in [1.82, 2.24) is 5.32 Å². The number of ether oxygens (including phenoxy) is 3. The van der Waals surface area contributed by atoms with Crippen LogP contribution in [0.15, 0.2) is 48.5 Å². The molecule has 6 nitrogen and oxygen atoms in total. The molecule has 0 aliphatic carbocycles. The van der Waals surface area contributed by atoms with Crippen LogP contribution in [0.25, 0.3) is 0 Å². The van der Waals surface area contributed by atoms with Crippen LogP contribution in [0.4, 0.5) is 4.39 Å². The standard InChI is InChI=1S/C19H20FNO5/c1-24-15-7-9-16(10-8-15)26-12-18(22)21-17(11-19(23)25-2)13-3-5-14(20)6-4-13/h3-10,17H,11-12H2,1-2H3,(H,21,22). The van der Waals surface area contributed by atoms with E-state index in [0.717, 1.165) is 0 Å². The van der Waals surface area contributed by atoms with Crippen molar-refractivity contribution in [3.05, 3.63) is 59.9 Å². The normalized spacial score (nSPS) is 11.3. The molecule has 138 valence electrons. The fraction of sp³-hybridized carbons (Fsp3) is 0.263. The van der Waals surface area contributed by atoms with Gasteiger partial charge in [0, 0.05) is 0 Å². The molecule has 0 aliphatic rings. The molecular formula is C19H20FNO5. The van der Waals surface area contributed by atoms with E-state index in [-0.39, 0.29) is 13.0 Å². The molecule has 1 atom stereocenters. The zero-order valence-corrected chi connectivity index (χ0v) is 14.5. The van der Waals surface area contributed by atoms with E-state index in [1.165, 1.54) is 31.4 Å². The van der Waals surface area contributed by atoms with Crippen LogP contribution in [0, 0.1) is 5.82 Å². The predicted molar refractivity (Wildman–Crippen MR) is 92.4 cm³/mol. The third-order valence-electron chi connectivity index (χ3n) is 3.64. The first-order chi connectivity index (χ1) is 12.5. The molecule has 0 aromatic heterocycles. The van der Waals surface area contributed by atoms with Gasteiger partial charge in [0.05, 0.1) is 26.7 Å². The molecule has 0 radical (unpaired) electrons. The number of methoxy groups -OCH3 is 2. The number of esters is 1. The van der Waals surface area contributed by atoms with Gasteiger partial charge < -0.3 is 19.5 Å². The van der Waals surface area contributed by atoms with Crippen LogP contribution in [0.3, 0.4) is 0 Å². The van der Waals surface area contributed by atoms with E-state index in [2.05, 4.69) is 10.1 Å². The zero-order valence-electron chi connectivity index (χ0n) is 14.5. The Morgan fingerprint density at radius 3 is 2.19 bits per heavy atom. The molecular weight excluding hydrogens is 341 g/mol. The summed E-state index contributed by atoms with van der Waals surface area (Å²) in [6, 6.07) is 11.7. The van der Waals surface area contributed by atoms with Crippen molar-refractivity contribution in [2.24, 2.45) is 0 Å². The van der Waals surface area contributed by atoms with E-state index >= 15 is 0 Å². The molecule has 0 bridgehead atoms. The second kappa shape index (κ2) is 9.41. The summed E-state index contributed by atoms with van der Waals surface area (Å²) in [6.45, 7) is -0.231. The highest BCUT2D eigenvalue weighted by Crippen LogP contribution is 2.19. The molecule has 2 aromatic rings. The van der Waals surface area contributed by atoms with Crippen molar-refractivity contribution in [2.45, 2.75) is 12.5 Å². The number of hydrogen-bond donors (Lipinski definition) is 1. The van der Waals surface area contributed by atoms with E-state index in [4.69, 9.17) is 9.47 Å². The van der Waals surface area contributed by atoms with Crippen molar-refractivity contribution in [1.29, 1.82) is 0 Å². The Morgan fingerprint density at radius 2 is 1.62 bits per heavy atom. The summed E-state index contributed by atoms with van der Waals surface area (Å²) in [6.07, 6.45) is -0.0730. The first-order valence-electron chi connectivity index (χ1n) is 7.90. The molecule has 0 saturated heterocycles. The number of carbonyl (C=O) groups excluding carboxylic acids is 2. The third kappa shape index (κ3) is 5.77. The molecule has 0 saturated carbocycles.